The van der Waals surface area contributed by atoms with Crippen LogP contribution in [0.1, 0.15) is 0 Å². The zero-order valence-electron chi connectivity index (χ0n) is 3.00. The van der Waals surface area contributed by atoms with Gasteiger partial charge in [0.05, 0.1) is 3.92 Å². The molecule has 0 radical (unpaired) electrons. The number of halogens is 1. The zero-order chi connectivity index (χ0) is 4.41. The first-order chi connectivity index (χ1) is 2.89. The summed E-state index contributed by atoms with van der Waals surface area (Å²) >= 11 is 2.23. The lowest BCUT2D eigenvalue weighted by molar-refractivity contribution is 1.29. The average molecular weight is 194 g/mol. The van der Waals surface area contributed by atoms with Crippen LogP contribution in [0.25, 0.3) is 0 Å². The molecule has 0 fully saturated rings. The lowest BCUT2D eigenvalue weighted by atomic mass is 10.5. The summed E-state index contributed by atoms with van der Waals surface area (Å²) in [6.07, 6.45) is 3.58. The van der Waals surface area contributed by atoms with Crippen molar-refractivity contribution in [2.24, 2.45) is 10.2 Å². The van der Waals surface area contributed by atoms with Gasteiger partial charge < -0.3 is 0 Å². The van der Waals surface area contributed by atoms with E-state index in [9.17, 15) is 0 Å². The van der Waals surface area contributed by atoms with Gasteiger partial charge in [0.2, 0.25) is 0 Å². The minimum atomic E-state index is 0.433. The van der Waals surface area contributed by atoms with E-state index in [1.54, 1.807) is 12.4 Å². The molecule has 0 bridgehead atoms. The van der Waals surface area contributed by atoms with E-state index in [-0.39, 0.29) is 0 Å². The maximum Gasteiger partial charge on any atom is 0.0851 e. The van der Waals surface area contributed by atoms with Crippen LogP contribution >= 0.6 is 22.6 Å². The van der Waals surface area contributed by atoms with Gasteiger partial charge in [-0.2, -0.15) is 10.2 Å². The molecule has 1 aliphatic rings. The minimum Gasteiger partial charge on any atom is -0.162 e. The number of nitrogens with zero attached hydrogens (tertiary/aromatic N) is 2. The molecule has 0 atom stereocenters. The summed E-state index contributed by atoms with van der Waals surface area (Å²) in [4.78, 5) is 0. The Morgan fingerprint density at radius 2 is 1.83 bits per heavy atom. The van der Waals surface area contributed by atoms with Crippen LogP contribution in [0.2, 0.25) is 0 Å². The molecule has 1 rings (SSSR count). The summed E-state index contributed by atoms with van der Waals surface area (Å²) in [5.41, 5.74) is 0. The third-order valence-corrected chi connectivity index (χ3v) is 1.13. The van der Waals surface area contributed by atoms with E-state index in [0.29, 0.717) is 3.92 Å². The van der Waals surface area contributed by atoms with Crippen LogP contribution in [0.5, 0.6) is 0 Å². The topological polar surface area (TPSA) is 24.7 Å². The molecular formula is C3H3IN2. The van der Waals surface area contributed by atoms with E-state index in [2.05, 4.69) is 32.8 Å². The number of rotatable bonds is 0. The number of alkyl halides is 1. The second-order valence-electron chi connectivity index (χ2n) is 0.974. The van der Waals surface area contributed by atoms with Gasteiger partial charge in [-0.1, -0.05) is 22.6 Å². The first-order valence-corrected chi connectivity index (χ1v) is 2.85. The Labute approximate surface area is 49.5 Å². The van der Waals surface area contributed by atoms with Crippen LogP contribution in [0, 0.1) is 0 Å². The van der Waals surface area contributed by atoms with Gasteiger partial charge in [0.1, 0.15) is 0 Å². The Kier molecular flexibility index (Phi) is 1.19. The van der Waals surface area contributed by atoms with Crippen molar-refractivity contribution in [2.45, 2.75) is 3.92 Å². The monoisotopic (exact) mass is 194 g/mol. The molecule has 0 aromatic rings. The quantitative estimate of drug-likeness (QED) is 0.403. The fourth-order valence-electron chi connectivity index (χ4n) is 0.243. The maximum absolute atomic E-state index is 3.60. The average Bonchev–Trinajstić information content (AvgIpc) is 1.86. The molecule has 0 aliphatic carbocycles. The van der Waals surface area contributed by atoms with Crippen LogP contribution in [0.4, 0.5) is 0 Å². The number of hydrogen-bond donors (Lipinski definition) is 0. The third-order valence-electron chi connectivity index (χ3n) is 0.485. The van der Waals surface area contributed by atoms with Gasteiger partial charge in [-0.25, -0.2) is 0 Å². The second kappa shape index (κ2) is 1.68. The SMILES string of the molecule is IC1C=NN=C1. The molecule has 32 valence electrons. The molecule has 1 heterocycles. The van der Waals surface area contributed by atoms with E-state index >= 15 is 0 Å². The first-order valence-electron chi connectivity index (χ1n) is 1.60. The van der Waals surface area contributed by atoms with E-state index in [1.807, 2.05) is 0 Å². The molecule has 0 saturated carbocycles. The lowest BCUT2D eigenvalue weighted by Gasteiger charge is -1.75. The van der Waals surface area contributed by atoms with Crippen LogP contribution in [-0.4, -0.2) is 16.4 Å². The summed E-state index contributed by atoms with van der Waals surface area (Å²) in [6.45, 7) is 0. The summed E-state index contributed by atoms with van der Waals surface area (Å²) in [6, 6.07) is 0. The zero-order valence-corrected chi connectivity index (χ0v) is 5.16. The summed E-state index contributed by atoms with van der Waals surface area (Å²) in [5.74, 6) is 0. The molecule has 0 spiro atoms. The number of hydrogen-bond acceptors (Lipinski definition) is 2. The van der Waals surface area contributed by atoms with Gasteiger partial charge in [-0.3, -0.25) is 0 Å². The van der Waals surface area contributed by atoms with Gasteiger partial charge in [-0.15, -0.1) is 0 Å². The second-order valence-corrected chi connectivity index (χ2v) is 2.41. The van der Waals surface area contributed by atoms with Gasteiger partial charge in [0, 0.05) is 12.4 Å². The maximum atomic E-state index is 3.60. The molecule has 6 heavy (non-hydrogen) atoms. The van der Waals surface area contributed by atoms with Crippen molar-refractivity contribution in [3.8, 4) is 0 Å². The lowest BCUT2D eigenvalue weighted by Crippen LogP contribution is -1.92. The van der Waals surface area contributed by atoms with Crippen molar-refractivity contribution in [1.82, 2.24) is 0 Å². The molecule has 0 amide bonds. The van der Waals surface area contributed by atoms with Crippen molar-refractivity contribution < 1.29 is 0 Å². The molecule has 0 N–H and O–H groups in total. The molecule has 3 heteroatoms. The highest BCUT2D eigenvalue weighted by molar-refractivity contribution is 14.1. The van der Waals surface area contributed by atoms with Crippen LogP contribution in [-0.2, 0) is 0 Å². The van der Waals surface area contributed by atoms with E-state index in [1.165, 1.54) is 0 Å². The Morgan fingerprint density at radius 1 is 1.33 bits per heavy atom. The van der Waals surface area contributed by atoms with Crippen molar-refractivity contribution in [1.29, 1.82) is 0 Å². The molecular weight excluding hydrogens is 191 g/mol. The summed E-state index contributed by atoms with van der Waals surface area (Å²) < 4.78 is 0.433. The molecule has 1 aliphatic heterocycles. The van der Waals surface area contributed by atoms with Gasteiger partial charge in [-0.05, 0) is 0 Å². The van der Waals surface area contributed by atoms with Gasteiger partial charge in [0.25, 0.3) is 0 Å². The van der Waals surface area contributed by atoms with Crippen LogP contribution in [0.3, 0.4) is 0 Å². The standard InChI is InChI=1S/C3H3IN2/c4-3-1-5-6-2-3/h1-3H. The van der Waals surface area contributed by atoms with E-state index in [0.717, 1.165) is 0 Å². The first kappa shape index (κ1) is 4.23. The van der Waals surface area contributed by atoms with Gasteiger partial charge in [0.15, 0.2) is 0 Å². The third kappa shape index (κ3) is 0.767. The highest BCUT2D eigenvalue weighted by Crippen LogP contribution is 1.97. The minimum absolute atomic E-state index is 0.433. The van der Waals surface area contributed by atoms with Crippen LogP contribution in [0.15, 0.2) is 10.2 Å². The molecule has 0 aromatic carbocycles. The normalized spacial score (nSPS) is 20.2. The van der Waals surface area contributed by atoms with Crippen molar-refractivity contribution in [2.75, 3.05) is 0 Å². The summed E-state index contributed by atoms with van der Waals surface area (Å²) in [7, 11) is 0. The summed E-state index contributed by atoms with van der Waals surface area (Å²) in [5, 5.41) is 7.20. The highest BCUT2D eigenvalue weighted by Gasteiger charge is 1.95. The fourth-order valence-corrected chi connectivity index (χ4v) is 0.531. The molecule has 2 nitrogen and oxygen atoms in total. The fraction of sp³-hybridized carbons (Fsp3) is 0.333. The van der Waals surface area contributed by atoms with Crippen molar-refractivity contribution >= 4 is 35.0 Å². The van der Waals surface area contributed by atoms with Crippen molar-refractivity contribution in [3.63, 3.8) is 0 Å². The Balaban J connectivity index is 2.60. The Morgan fingerprint density at radius 3 is 2.00 bits per heavy atom. The molecule has 0 saturated heterocycles. The predicted octanol–water partition coefficient (Wildman–Crippen LogP) is 0.860. The smallest absolute Gasteiger partial charge is 0.0851 e. The Hall–Kier alpha value is 0.0700. The highest BCUT2D eigenvalue weighted by atomic mass is 127. The van der Waals surface area contributed by atoms with Crippen LogP contribution < -0.4 is 0 Å². The molecule has 0 unspecified atom stereocenters. The van der Waals surface area contributed by atoms with Crippen molar-refractivity contribution in [3.05, 3.63) is 0 Å². The van der Waals surface area contributed by atoms with Gasteiger partial charge >= 0.3 is 0 Å². The predicted molar refractivity (Wildman–Crippen MR) is 34.8 cm³/mol. The largest absolute Gasteiger partial charge is 0.162 e. The Bertz CT molecular complexity index is 85.0. The van der Waals surface area contributed by atoms with E-state index < -0.39 is 0 Å². The van der Waals surface area contributed by atoms with E-state index in [4.69, 9.17) is 0 Å². The molecule has 0 aromatic heterocycles.